The second-order valence-electron chi connectivity index (χ2n) is 6.91. The lowest BCUT2D eigenvalue weighted by atomic mass is 10.2. The molecular formula is C17H23N5O4S. The van der Waals surface area contributed by atoms with Crippen LogP contribution in [-0.2, 0) is 38.8 Å². The molecule has 0 radical (unpaired) electrons. The molecule has 3 heterocycles. The minimum Gasteiger partial charge on any atom is -0.364 e. The maximum Gasteiger partial charge on any atom is 0.256 e. The van der Waals surface area contributed by atoms with Gasteiger partial charge in [-0.25, -0.2) is 4.21 Å². The maximum absolute atomic E-state index is 13.0. The van der Waals surface area contributed by atoms with E-state index in [1.165, 1.54) is 18.7 Å². The number of carbonyl (C=O) groups excluding carboxylic acids is 2. The number of hydrogen-bond acceptors (Lipinski definition) is 6. The predicted octanol–water partition coefficient (Wildman–Crippen LogP) is 1.49. The largest absolute Gasteiger partial charge is 0.364 e. The van der Waals surface area contributed by atoms with Crippen LogP contribution in [0.3, 0.4) is 0 Å². The smallest absolute Gasteiger partial charge is 0.256 e. The van der Waals surface area contributed by atoms with E-state index in [2.05, 4.69) is 14.6 Å². The molecule has 146 valence electrons. The summed E-state index contributed by atoms with van der Waals surface area (Å²) < 4.78 is 23.5. The molecular weight excluding hydrogens is 370 g/mol. The Kier molecular flexibility index (Phi) is 5.45. The van der Waals surface area contributed by atoms with Crippen LogP contribution in [0.5, 0.6) is 0 Å². The normalized spacial score (nSPS) is 16.1. The second-order valence-corrected chi connectivity index (χ2v) is 9.14. The zero-order valence-corrected chi connectivity index (χ0v) is 16.4. The molecule has 9 nitrogen and oxygen atoms in total. The second kappa shape index (κ2) is 7.63. The highest BCUT2D eigenvalue weighted by atomic mass is 32.2. The van der Waals surface area contributed by atoms with Crippen LogP contribution in [-0.4, -0.2) is 48.7 Å². The van der Waals surface area contributed by atoms with E-state index in [1.54, 1.807) is 29.6 Å². The number of nitrogens with zero attached hydrogens (tertiary/aromatic N) is 5. The van der Waals surface area contributed by atoms with Crippen LogP contribution >= 0.6 is 0 Å². The molecule has 0 N–H and O–H groups in total. The van der Waals surface area contributed by atoms with Gasteiger partial charge in [0, 0.05) is 30.7 Å². The van der Waals surface area contributed by atoms with Gasteiger partial charge in [-0.1, -0.05) is 19.0 Å². The SMILES string of the molecule is CC(C)C(=O)N=S(C)(=O)c1cnn2c1CN(C(=O)CCc1cnoc1)CC2. The van der Waals surface area contributed by atoms with Crippen LogP contribution in [0.2, 0.25) is 0 Å². The Labute approximate surface area is 157 Å². The summed E-state index contributed by atoms with van der Waals surface area (Å²) >= 11 is 0. The van der Waals surface area contributed by atoms with E-state index < -0.39 is 15.6 Å². The van der Waals surface area contributed by atoms with Gasteiger partial charge in [0.1, 0.15) is 6.26 Å². The van der Waals surface area contributed by atoms with E-state index in [1.807, 2.05) is 0 Å². The van der Waals surface area contributed by atoms with Crippen molar-refractivity contribution < 1.29 is 18.3 Å². The fraction of sp³-hybridized carbons (Fsp3) is 0.529. The number of hydrogen-bond donors (Lipinski definition) is 0. The molecule has 3 rings (SSSR count). The molecule has 1 atom stereocenters. The van der Waals surface area contributed by atoms with Gasteiger partial charge < -0.3 is 9.42 Å². The van der Waals surface area contributed by atoms with Crippen molar-refractivity contribution in [1.29, 1.82) is 0 Å². The summed E-state index contributed by atoms with van der Waals surface area (Å²) in [6.07, 6.45) is 6.94. The number of aromatic nitrogens is 3. The van der Waals surface area contributed by atoms with Gasteiger partial charge in [-0.15, -0.1) is 0 Å². The Morgan fingerprint density at radius 2 is 2.11 bits per heavy atom. The van der Waals surface area contributed by atoms with Gasteiger partial charge >= 0.3 is 0 Å². The fourth-order valence-corrected chi connectivity index (χ4v) is 4.34. The number of amides is 2. The molecule has 0 aromatic carbocycles. The number of fused-ring (bicyclic) bond motifs is 1. The molecule has 1 aliphatic rings. The van der Waals surface area contributed by atoms with Gasteiger partial charge in [-0.3, -0.25) is 14.3 Å². The van der Waals surface area contributed by atoms with E-state index in [0.717, 1.165) is 5.56 Å². The van der Waals surface area contributed by atoms with Crippen LogP contribution in [0.1, 0.15) is 31.5 Å². The zero-order chi connectivity index (χ0) is 19.6. The summed E-state index contributed by atoms with van der Waals surface area (Å²) in [5.74, 6) is -0.736. The van der Waals surface area contributed by atoms with Crippen LogP contribution < -0.4 is 0 Å². The quantitative estimate of drug-likeness (QED) is 0.761. The molecule has 1 unspecified atom stereocenters. The van der Waals surface area contributed by atoms with E-state index in [4.69, 9.17) is 4.52 Å². The van der Waals surface area contributed by atoms with Crippen molar-refractivity contribution in [3.8, 4) is 0 Å². The first kappa shape index (κ1) is 19.3. The van der Waals surface area contributed by atoms with Gasteiger partial charge in [0.2, 0.25) is 5.91 Å². The third-order valence-corrected chi connectivity index (χ3v) is 6.15. The lowest BCUT2D eigenvalue weighted by Crippen LogP contribution is -2.39. The molecule has 10 heteroatoms. The summed E-state index contributed by atoms with van der Waals surface area (Å²) in [4.78, 5) is 26.6. The monoisotopic (exact) mass is 393 g/mol. The molecule has 2 aromatic rings. The van der Waals surface area contributed by atoms with Crippen LogP contribution in [0.25, 0.3) is 0 Å². The Balaban J connectivity index is 1.77. The summed E-state index contributed by atoms with van der Waals surface area (Å²) in [5, 5.41) is 7.89. The molecule has 0 bridgehead atoms. The summed E-state index contributed by atoms with van der Waals surface area (Å²) in [7, 11) is -2.92. The molecule has 27 heavy (non-hydrogen) atoms. The van der Waals surface area contributed by atoms with Gasteiger partial charge in [-0.2, -0.15) is 9.46 Å². The predicted molar refractivity (Wildman–Crippen MR) is 97.1 cm³/mol. The topological polar surface area (TPSA) is 111 Å². The maximum atomic E-state index is 13.0. The van der Waals surface area contributed by atoms with Crippen LogP contribution in [0, 0.1) is 5.92 Å². The minimum atomic E-state index is -2.92. The Morgan fingerprint density at radius 1 is 1.33 bits per heavy atom. The first-order valence-corrected chi connectivity index (χ1v) is 10.7. The van der Waals surface area contributed by atoms with Gasteiger partial charge in [-0.05, 0) is 6.42 Å². The Morgan fingerprint density at radius 3 is 2.78 bits per heavy atom. The number of carbonyl (C=O) groups is 2. The molecule has 0 spiro atoms. The average Bonchev–Trinajstić information content (AvgIpc) is 3.28. The van der Waals surface area contributed by atoms with E-state index >= 15 is 0 Å². The number of rotatable bonds is 5. The van der Waals surface area contributed by atoms with E-state index in [0.29, 0.717) is 43.1 Å². The molecule has 1 aliphatic heterocycles. The molecule has 2 aromatic heterocycles. The summed E-state index contributed by atoms with van der Waals surface area (Å²) in [6, 6.07) is 0. The highest BCUT2D eigenvalue weighted by Gasteiger charge is 2.27. The summed E-state index contributed by atoms with van der Waals surface area (Å²) in [6.45, 7) is 4.77. The van der Waals surface area contributed by atoms with Crippen molar-refractivity contribution in [1.82, 2.24) is 19.8 Å². The standard InChI is InChI=1S/C17H23N5O4S/c1-12(2)17(24)20-27(3,25)15-9-18-22-7-6-21(10-14(15)22)16(23)5-4-13-8-19-26-11-13/h8-9,11-12H,4-7,10H2,1-3H3. The minimum absolute atomic E-state index is 0.00704. The lowest BCUT2D eigenvalue weighted by Gasteiger charge is -2.28. The molecule has 0 saturated carbocycles. The molecule has 0 saturated heterocycles. The summed E-state index contributed by atoms with van der Waals surface area (Å²) in [5.41, 5.74) is 1.54. The molecule has 0 aliphatic carbocycles. The zero-order valence-electron chi connectivity index (χ0n) is 15.6. The van der Waals surface area contributed by atoms with Crippen LogP contribution in [0.4, 0.5) is 0 Å². The average molecular weight is 393 g/mol. The van der Waals surface area contributed by atoms with Gasteiger partial charge in [0.15, 0.2) is 0 Å². The molecule has 0 fully saturated rings. The van der Waals surface area contributed by atoms with E-state index in [9.17, 15) is 13.8 Å². The van der Waals surface area contributed by atoms with Crippen molar-refractivity contribution >= 4 is 21.5 Å². The van der Waals surface area contributed by atoms with Crippen molar-refractivity contribution in [2.45, 2.75) is 44.7 Å². The van der Waals surface area contributed by atoms with Crippen molar-refractivity contribution in [2.75, 3.05) is 12.8 Å². The molecule has 2 amide bonds. The first-order valence-electron chi connectivity index (χ1n) is 8.74. The number of aryl methyl sites for hydroxylation is 1. The Hall–Kier alpha value is -2.49. The van der Waals surface area contributed by atoms with Crippen molar-refractivity contribution in [3.05, 3.63) is 29.9 Å². The fourth-order valence-electron chi connectivity index (χ4n) is 2.84. The highest BCUT2D eigenvalue weighted by Crippen LogP contribution is 2.23. The van der Waals surface area contributed by atoms with Crippen molar-refractivity contribution in [3.63, 3.8) is 0 Å². The van der Waals surface area contributed by atoms with Gasteiger partial charge in [0.25, 0.3) is 5.91 Å². The highest BCUT2D eigenvalue weighted by molar-refractivity contribution is 7.93. The van der Waals surface area contributed by atoms with E-state index in [-0.39, 0.29) is 11.8 Å². The van der Waals surface area contributed by atoms with Crippen molar-refractivity contribution in [2.24, 2.45) is 10.3 Å². The van der Waals surface area contributed by atoms with Crippen LogP contribution in [0.15, 0.2) is 32.4 Å². The third kappa shape index (κ3) is 4.26. The lowest BCUT2D eigenvalue weighted by molar-refractivity contribution is -0.132. The first-order chi connectivity index (χ1) is 12.8. The third-order valence-electron chi connectivity index (χ3n) is 4.46. The van der Waals surface area contributed by atoms with Gasteiger partial charge in [0.05, 0.1) is 45.8 Å². The Bertz CT molecular complexity index is 954.